The maximum atomic E-state index is 5.37. The van der Waals surface area contributed by atoms with Crippen molar-refractivity contribution >= 4 is 11.4 Å². The Labute approximate surface area is 118 Å². The Bertz CT molecular complexity index is 594. The molecule has 0 aliphatic carbocycles. The lowest BCUT2D eigenvalue weighted by molar-refractivity contribution is 0.174. The zero-order valence-corrected chi connectivity index (χ0v) is 11.7. The van der Waals surface area contributed by atoms with E-state index in [1.165, 1.54) is 5.56 Å². The standard InChI is InChI=1S/C16H18N2O2/c1-18(2)10-12-3-5-13(6-4-12)17-14-7-8-15-16(9-14)20-11-19-15/h3-9,17H,10-11H2,1-2H3. The van der Waals surface area contributed by atoms with Crippen LogP contribution in [-0.2, 0) is 6.54 Å². The lowest BCUT2D eigenvalue weighted by atomic mass is 10.2. The molecular formula is C16H18N2O2. The average Bonchev–Trinajstić information content (AvgIpc) is 2.88. The van der Waals surface area contributed by atoms with E-state index < -0.39 is 0 Å². The van der Waals surface area contributed by atoms with Crippen LogP contribution >= 0.6 is 0 Å². The Balaban J connectivity index is 1.71. The zero-order chi connectivity index (χ0) is 13.9. The van der Waals surface area contributed by atoms with Crippen LogP contribution in [0.25, 0.3) is 0 Å². The predicted molar refractivity (Wildman–Crippen MR) is 79.7 cm³/mol. The summed E-state index contributed by atoms with van der Waals surface area (Å²) in [6.45, 7) is 1.25. The number of ether oxygens (including phenoxy) is 2. The van der Waals surface area contributed by atoms with Crippen LogP contribution in [0.5, 0.6) is 11.5 Å². The second kappa shape index (κ2) is 5.43. The summed E-state index contributed by atoms with van der Waals surface area (Å²) in [5.41, 5.74) is 3.35. The molecule has 1 heterocycles. The maximum absolute atomic E-state index is 5.37. The van der Waals surface area contributed by atoms with Crippen molar-refractivity contribution in [3.8, 4) is 11.5 Å². The second-order valence-electron chi connectivity index (χ2n) is 5.13. The maximum Gasteiger partial charge on any atom is 0.231 e. The molecule has 0 amide bonds. The first-order valence-electron chi connectivity index (χ1n) is 6.61. The van der Waals surface area contributed by atoms with Crippen molar-refractivity contribution in [2.24, 2.45) is 0 Å². The third-order valence-electron chi connectivity index (χ3n) is 3.11. The minimum absolute atomic E-state index is 0.304. The molecular weight excluding hydrogens is 252 g/mol. The third kappa shape index (κ3) is 2.86. The number of rotatable bonds is 4. The van der Waals surface area contributed by atoms with Crippen LogP contribution in [0, 0.1) is 0 Å². The summed E-state index contributed by atoms with van der Waals surface area (Å²) in [5, 5.41) is 3.36. The highest BCUT2D eigenvalue weighted by atomic mass is 16.7. The Kier molecular flexibility index (Phi) is 3.48. The van der Waals surface area contributed by atoms with Crippen molar-refractivity contribution in [1.82, 2.24) is 4.90 Å². The van der Waals surface area contributed by atoms with Crippen molar-refractivity contribution in [2.75, 3.05) is 26.2 Å². The van der Waals surface area contributed by atoms with Crippen LogP contribution in [-0.4, -0.2) is 25.8 Å². The molecule has 0 saturated carbocycles. The van der Waals surface area contributed by atoms with E-state index in [0.717, 1.165) is 29.4 Å². The topological polar surface area (TPSA) is 33.7 Å². The summed E-state index contributed by atoms with van der Waals surface area (Å²) in [4.78, 5) is 2.15. The molecule has 0 bridgehead atoms. The lowest BCUT2D eigenvalue weighted by Gasteiger charge is -2.11. The first kappa shape index (κ1) is 12.8. The molecule has 104 valence electrons. The molecule has 1 aliphatic heterocycles. The van der Waals surface area contributed by atoms with E-state index in [4.69, 9.17) is 9.47 Å². The van der Waals surface area contributed by atoms with Gasteiger partial charge in [0.1, 0.15) is 0 Å². The van der Waals surface area contributed by atoms with Gasteiger partial charge >= 0.3 is 0 Å². The van der Waals surface area contributed by atoms with Crippen LogP contribution in [0.4, 0.5) is 11.4 Å². The van der Waals surface area contributed by atoms with Crippen molar-refractivity contribution in [1.29, 1.82) is 0 Å². The Morgan fingerprint density at radius 3 is 2.40 bits per heavy atom. The molecule has 4 nitrogen and oxygen atoms in total. The summed E-state index contributed by atoms with van der Waals surface area (Å²) in [5.74, 6) is 1.59. The molecule has 0 saturated heterocycles. The van der Waals surface area contributed by atoms with Gasteiger partial charge in [0.2, 0.25) is 6.79 Å². The summed E-state index contributed by atoms with van der Waals surface area (Å²) >= 11 is 0. The molecule has 0 atom stereocenters. The van der Waals surface area contributed by atoms with E-state index in [2.05, 4.69) is 48.6 Å². The normalized spacial score (nSPS) is 12.8. The molecule has 0 radical (unpaired) electrons. The number of nitrogens with zero attached hydrogens (tertiary/aromatic N) is 1. The third-order valence-corrected chi connectivity index (χ3v) is 3.11. The van der Waals surface area contributed by atoms with E-state index in [9.17, 15) is 0 Å². The van der Waals surface area contributed by atoms with E-state index in [-0.39, 0.29) is 0 Å². The molecule has 0 unspecified atom stereocenters. The molecule has 2 aromatic carbocycles. The van der Waals surface area contributed by atoms with E-state index >= 15 is 0 Å². The quantitative estimate of drug-likeness (QED) is 0.925. The number of fused-ring (bicyclic) bond motifs is 1. The van der Waals surface area contributed by atoms with E-state index in [1.54, 1.807) is 0 Å². The van der Waals surface area contributed by atoms with Gasteiger partial charge in [-0.15, -0.1) is 0 Å². The highest BCUT2D eigenvalue weighted by molar-refractivity contribution is 5.64. The van der Waals surface area contributed by atoms with Gasteiger partial charge in [-0.1, -0.05) is 12.1 Å². The van der Waals surface area contributed by atoms with Crippen LogP contribution in [0.2, 0.25) is 0 Å². The molecule has 1 aliphatic rings. The van der Waals surface area contributed by atoms with Crippen molar-refractivity contribution in [2.45, 2.75) is 6.54 Å². The molecule has 0 aromatic heterocycles. The molecule has 3 rings (SSSR count). The van der Waals surface area contributed by atoms with Crippen molar-refractivity contribution < 1.29 is 9.47 Å². The zero-order valence-electron chi connectivity index (χ0n) is 11.7. The van der Waals surface area contributed by atoms with Gasteiger partial charge in [0, 0.05) is 24.0 Å². The highest BCUT2D eigenvalue weighted by Gasteiger charge is 2.13. The number of benzene rings is 2. The summed E-state index contributed by atoms with van der Waals surface area (Å²) < 4.78 is 10.7. The summed E-state index contributed by atoms with van der Waals surface area (Å²) in [6.07, 6.45) is 0. The molecule has 20 heavy (non-hydrogen) atoms. The first-order chi connectivity index (χ1) is 9.70. The van der Waals surface area contributed by atoms with Gasteiger partial charge in [-0.2, -0.15) is 0 Å². The van der Waals surface area contributed by atoms with E-state index in [0.29, 0.717) is 6.79 Å². The lowest BCUT2D eigenvalue weighted by Crippen LogP contribution is -2.10. The van der Waals surface area contributed by atoms with Gasteiger partial charge in [-0.3, -0.25) is 0 Å². The summed E-state index contributed by atoms with van der Waals surface area (Å²) in [6, 6.07) is 14.3. The highest BCUT2D eigenvalue weighted by Crippen LogP contribution is 2.35. The van der Waals surface area contributed by atoms with Crippen LogP contribution < -0.4 is 14.8 Å². The Hall–Kier alpha value is -2.20. The Morgan fingerprint density at radius 1 is 0.950 bits per heavy atom. The smallest absolute Gasteiger partial charge is 0.231 e. The van der Waals surface area contributed by atoms with Gasteiger partial charge in [0.25, 0.3) is 0 Å². The van der Waals surface area contributed by atoms with Crippen LogP contribution in [0.15, 0.2) is 42.5 Å². The molecule has 0 fully saturated rings. The first-order valence-corrected chi connectivity index (χ1v) is 6.61. The minimum atomic E-state index is 0.304. The van der Waals surface area contributed by atoms with Gasteiger partial charge in [-0.05, 0) is 43.9 Å². The van der Waals surface area contributed by atoms with Crippen molar-refractivity contribution in [3.05, 3.63) is 48.0 Å². The number of anilines is 2. The molecule has 0 spiro atoms. The number of hydrogen-bond donors (Lipinski definition) is 1. The monoisotopic (exact) mass is 270 g/mol. The van der Waals surface area contributed by atoms with Gasteiger partial charge in [-0.25, -0.2) is 0 Å². The van der Waals surface area contributed by atoms with Crippen LogP contribution in [0.3, 0.4) is 0 Å². The minimum Gasteiger partial charge on any atom is -0.454 e. The molecule has 1 N–H and O–H groups in total. The van der Waals surface area contributed by atoms with Gasteiger partial charge < -0.3 is 19.7 Å². The second-order valence-corrected chi connectivity index (χ2v) is 5.13. The van der Waals surface area contributed by atoms with Gasteiger partial charge in [0.05, 0.1) is 0 Å². The van der Waals surface area contributed by atoms with Gasteiger partial charge in [0.15, 0.2) is 11.5 Å². The Morgan fingerprint density at radius 2 is 1.65 bits per heavy atom. The number of nitrogens with one attached hydrogen (secondary N) is 1. The fourth-order valence-corrected chi connectivity index (χ4v) is 2.20. The average molecular weight is 270 g/mol. The SMILES string of the molecule is CN(C)Cc1ccc(Nc2ccc3c(c2)OCO3)cc1. The van der Waals surface area contributed by atoms with E-state index in [1.807, 2.05) is 18.2 Å². The largest absolute Gasteiger partial charge is 0.454 e. The summed E-state index contributed by atoms with van der Waals surface area (Å²) in [7, 11) is 4.14. The number of hydrogen-bond acceptors (Lipinski definition) is 4. The molecule has 4 heteroatoms. The van der Waals surface area contributed by atoms with Crippen molar-refractivity contribution in [3.63, 3.8) is 0 Å². The molecule has 2 aromatic rings. The predicted octanol–water partition coefficient (Wildman–Crippen LogP) is 3.22. The fourth-order valence-electron chi connectivity index (χ4n) is 2.20. The fraction of sp³-hybridized carbons (Fsp3) is 0.250. The van der Waals surface area contributed by atoms with Crippen LogP contribution in [0.1, 0.15) is 5.56 Å².